The van der Waals surface area contributed by atoms with Crippen molar-refractivity contribution in [2.24, 2.45) is 5.73 Å². The molecule has 0 spiro atoms. The first kappa shape index (κ1) is 23.2. The third-order valence-corrected chi connectivity index (χ3v) is 6.17. The van der Waals surface area contributed by atoms with Gasteiger partial charge in [-0.15, -0.1) is 10.7 Å². The monoisotopic (exact) mass is 490 g/mol. The van der Waals surface area contributed by atoms with Crippen LogP contribution in [0.2, 0.25) is 0 Å². The fourth-order valence-electron chi connectivity index (χ4n) is 4.22. The van der Waals surface area contributed by atoms with Crippen LogP contribution in [0.4, 0.5) is 28.6 Å². The van der Waals surface area contributed by atoms with Crippen LogP contribution >= 0.6 is 0 Å². The number of nitrogens with zero attached hydrogens (tertiary/aromatic N) is 5. The number of nitrogens with one attached hydrogen (secondary N) is 3. The van der Waals surface area contributed by atoms with E-state index in [9.17, 15) is 9.59 Å². The highest BCUT2D eigenvalue weighted by Gasteiger charge is 2.29. The number of aromatic amines is 1. The largest absolute Gasteiger partial charge is 0.524 e. The number of nitrogens with two attached hydrogens (primary N) is 1. The summed E-state index contributed by atoms with van der Waals surface area (Å²) in [5.74, 6) is -0.260. The quantitative estimate of drug-likeness (QED) is 0.464. The van der Waals surface area contributed by atoms with E-state index in [1.54, 1.807) is 6.92 Å². The third kappa shape index (κ3) is 4.66. The van der Waals surface area contributed by atoms with Crippen LogP contribution in [0.3, 0.4) is 0 Å². The van der Waals surface area contributed by atoms with Gasteiger partial charge in [-0.2, -0.15) is 0 Å². The molecule has 1 saturated heterocycles. The van der Waals surface area contributed by atoms with E-state index in [1.807, 2.05) is 65.5 Å². The summed E-state index contributed by atoms with van der Waals surface area (Å²) in [5.41, 5.74) is 12.4. The molecule has 3 heterocycles. The molecule has 12 nitrogen and oxygen atoms in total. The Bertz CT molecular complexity index is 1280. The number of hydrogen-bond donors (Lipinski definition) is 3. The maximum atomic E-state index is 12.0. The number of benzene rings is 2. The number of rotatable bonds is 6. The van der Waals surface area contributed by atoms with Crippen LogP contribution < -0.4 is 41.5 Å². The highest BCUT2D eigenvalue weighted by molar-refractivity contribution is 5.97. The van der Waals surface area contributed by atoms with Crippen molar-refractivity contribution in [3.63, 3.8) is 0 Å². The molecule has 186 valence electrons. The summed E-state index contributed by atoms with van der Waals surface area (Å²) >= 11 is 0. The molecule has 36 heavy (non-hydrogen) atoms. The lowest BCUT2D eigenvalue weighted by Gasteiger charge is -2.35. The second-order valence-corrected chi connectivity index (χ2v) is 8.53. The van der Waals surface area contributed by atoms with Crippen molar-refractivity contribution in [1.29, 1.82) is 0 Å². The molecule has 2 aliphatic rings. The molecule has 1 fully saturated rings. The molecule has 0 saturated carbocycles. The Kier molecular flexibility index (Phi) is 6.17. The maximum absolute atomic E-state index is 12.0. The van der Waals surface area contributed by atoms with Gasteiger partial charge in [0.2, 0.25) is 5.91 Å². The van der Waals surface area contributed by atoms with Gasteiger partial charge in [0.05, 0.1) is 5.69 Å². The SMILES string of the molecule is CC(=O)N1CCN(c2ccc(Nc3nc(ON4NN(C)c5ccccc54)[nH+]cc3C(N)=O)cc2)CC1. The number of aromatic nitrogens is 2. The van der Waals surface area contributed by atoms with Crippen molar-refractivity contribution < 1.29 is 19.4 Å². The van der Waals surface area contributed by atoms with Gasteiger partial charge >= 0.3 is 6.01 Å². The average Bonchev–Trinajstić information content (AvgIpc) is 3.19. The fourth-order valence-corrected chi connectivity index (χ4v) is 4.22. The Labute approximate surface area is 208 Å². The summed E-state index contributed by atoms with van der Waals surface area (Å²) in [4.78, 5) is 40.9. The van der Waals surface area contributed by atoms with Crippen molar-refractivity contribution in [3.05, 3.63) is 60.3 Å². The maximum Gasteiger partial charge on any atom is 0.524 e. The molecule has 2 amide bonds. The zero-order valence-electron chi connectivity index (χ0n) is 20.1. The van der Waals surface area contributed by atoms with Gasteiger partial charge in [-0.1, -0.05) is 12.1 Å². The first-order valence-corrected chi connectivity index (χ1v) is 11.6. The Morgan fingerprint density at radius 2 is 1.75 bits per heavy atom. The van der Waals surface area contributed by atoms with Gasteiger partial charge in [0, 0.05) is 56.5 Å². The molecule has 12 heteroatoms. The van der Waals surface area contributed by atoms with Gasteiger partial charge in [-0.05, 0) is 36.4 Å². The molecule has 0 unspecified atom stereocenters. The lowest BCUT2D eigenvalue weighted by atomic mass is 10.2. The van der Waals surface area contributed by atoms with Crippen molar-refractivity contribution in [2.75, 3.05) is 53.6 Å². The molecular weight excluding hydrogens is 462 g/mol. The summed E-state index contributed by atoms with van der Waals surface area (Å²) < 4.78 is 0. The zero-order chi connectivity index (χ0) is 25.2. The average molecular weight is 491 g/mol. The summed E-state index contributed by atoms with van der Waals surface area (Å²) in [6, 6.07) is 15.7. The van der Waals surface area contributed by atoms with E-state index in [4.69, 9.17) is 10.6 Å². The number of carbonyl (C=O) groups excluding carboxylic acids is 2. The predicted molar refractivity (Wildman–Crippen MR) is 135 cm³/mol. The van der Waals surface area contributed by atoms with Crippen molar-refractivity contribution in [3.8, 4) is 6.01 Å². The van der Waals surface area contributed by atoms with Gasteiger partial charge in [0.15, 0.2) is 0 Å². The Balaban J connectivity index is 1.31. The molecule has 0 atom stereocenters. The van der Waals surface area contributed by atoms with Crippen molar-refractivity contribution in [1.82, 2.24) is 15.4 Å². The van der Waals surface area contributed by atoms with E-state index in [-0.39, 0.29) is 23.3 Å². The highest BCUT2D eigenvalue weighted by atomic mass is 16.7. The van der Waals surface area contributed by atoms with Crippen molar-refractivity contribution >= 4 is 40.4 Å². The number of hydrazine groups is 2. The number of piperazine rings is 1. The normalized spacial score (nSPS) is 15.1. The molecule has 3 aromatic rings. The van der Waals surface area contributed by atoms with E-state index >= 15 is 0 Å². The lowest BCUT2D eigenvalue weighted by Crippen LogP contribution is -2.48. The zero-order valence-corrected chi connectivity index (χ0v) is 20.1. The second-order valence-electron chi connectivity index (χ2n) is 8.53. The topological polar surface area (TPSA) is 133 Å². The standard InChI is InChI=1S/C24H27N9O3/c1-16(34)31-11-13-32(14-12-31)18-9-7-17(8-10-18)27-23-19(22(25)35)15-26-24(28-23)36-33-21-6-4-3-5-20(21)30(2)29-33/h3-10,15,29H,11-14H2,1-2H3,(H2,25,35)(H,26,27,28)/p+1. The minimum absolute atomic E-state index is 0.104. The molecule has 2 aromatic carbocycles. The Morgan fingerprint density at radius 1 is 1.06 bits per heavy atom. The van der Waals surface area contributed by atoms with E-state index in [1.165, 1.54) is 11.4 Å². The molecule has 5 N–H and O–H groups in total. The van der Waals surface area contributed by atoms with Crippen LogP contribution in [0.5, 0.6) is 6.01 Å². The van der Waals surface area contributed by atoms with Crippen LogP contribution in [0.25, 0.3) is 0 Å². The van der Waals surface area contributed by atoms with E-state index in [0.29, 0.717) is 13.1 Å². The van der Waals surface area contributed by atoms with Crippen LogP contribution in [-0.4, -0.2) is 54.9 Å². The Hall–Kier alpha value is -4.58. The van der Waals surface area contributed by atoms with Crippen LogP contribution in [0.15, 0.2) is 54.7 Å². The van der Waals surface area contributed by atoms with Crippen molar-refractivity contribution in [2.45, 2.75) is 6.92 Å². The van der Waals surface area contributed by atoms with Crippen LogP contribution in [0, 0.1) is 0 Å². The second kappa shape index (κ2) is 9.58. The fraction of sp³-hybridized carbons (Fsp3) is 0.250. The number of anilines is 5. The summed E-state index contributed by atoms with van der Waals surface area (Å²) in [7, 11) is 1.87. The van der Waals surface area contributed by atoms with Gasteiger partial charge in [-0.25, -0.2) is 4.98 Å². The van der Waals surface area contributed by atoms with Gasteiger partial charge < -0.3 is 20.9 Å². The number of amides is 2. The number of H-pyrrole nitrogens is 1. The number of para-hydroxylation sites is 2. The van der Waals surface area contributed by atoms with E-state index < -0.39 is 5.91 Å². The smallest absolute Gasteiger partial charge is 0.368 e. The molecule has 5 rings (SSSR count). The van der Waals surface area contributed by atoms with E-state index in [2.05, 4.69) is 25.7 Å². The highest BCUT2D eigenvalue weighted by Crippen LogP contribution is 2.32. The van der Waals surface area contributed by atoms with Crippen LogP contribution in [0.1, 0.15) is 17.3 Å². The van der Waals surface area contributed by atoms with Gasteiger partial charge in [-0.3, -0.25) is 19.4 Å². The number of primary amides is 1. The molecule has 0 bridgehead atoms. The molecule has 1 aromatic heterocycles. The van der Waals surface area contributed by atoms with Crippen LogP contribution in [-0.2, 0) is 4.79 Å². The summed E-state index contributed by atoms with van der Waals surface area (Å²) in [6.07, 6.45) is 1.46. The number of hydrogen-bond acceptors (Lipinski definition) is 9. The molecule has 0 radical (unpaired) electrons. The predicted octanol–water partition coefficient (Wildman–Crippen LogP) is 1.08. The third-order valence-electron chi connectivity index (χ3n) is 6.17. The van der Waals surface area contributed by atoms with Gasteiger partial charge in [0.25, 0.3) is 11.7 Å². The summed E-state index contributed by atoms with van der Waals surface area (Å²) in [6.45, 7) is 4.56. The first-order chi connectivity index (χ1) is 17.4. The first-order valence-electron chi connectivity index (χ1n) is 11.6. The lowest BCUT2D eigenvalue weighted by molar-refractivity contribution is -0.400. The number of carbonyl (C=O) groups is 2. The molecule has 0 aliphatic carbocycles. The Morgan fingerprint density at radius 3 is 2.42 bits per heavy atom. The number of fused-ring (bicyclic) bond motifs is 1. The minimum Gasteiger partial charge on any atom is -0.368 e. The van der Waals surface area contributed by atoms with E-state index in [0.717, 1.165) is 35.8 Å². The minimum atomic E-state index is -0.628. The molecular formula is C24H28N9O3+. The molecule has 2 aliphatic heterocycles. The van der Waals surface area contributed by atoms with Gasteiger partial charge in [0.1, 0.15) is 17.4 Å². The summed E-state index contributed by atoms with van der Waals surface area (Å²) in [5, 5.41) is 6.45.